The van der Waals surface area contributed by atoms with Gasteiger partial charge in [-0.25, -0.2) is 8.42 Å². The maximum absolute atomic E-state index is 13.5. The second-order valence-electron chi connectivity index (χ2n) is 7.80. The number of amides is 2. The smallest absolute Gasteiger partial charge is 0.244 e. The lowest BCUT2D eigenvalue weighted by Gasteiger charge is -2.32. The lowest BCUT2D eigenvalue weighted by molar-refractivity contribution is -0.140. The Morgan fingerprint density at radius 1 is 1.09 bits per heavy atom. The zero-order valence-corrected chi connectivity index (χ0v) is 20.7. The third-order valence-electron chi connectivity index (χ3n) is 5.21. The average Bonchev–Trinajstić information content (AvgIpc) is 2.76. The molecule has 8 nitrogen and oxygen atoms in total. The van der Waals surface area contributed by atoms with Crippen molar-refractivity contribution in [3.8, 4) is 5.75 Å². The number of rotatable bonds is 11. The van der Waals surface area contributed by atoms with Gasteiger partial charge in [0.15, 0.2) is 0 Å². The summed E-state index contributed by atoms with van der Waals surface area (Å²) >= 11 is 0. The number of nitrogens with zero attached hydrogens (tertiary/aromatic N) is 2. The first kappa shape index (κ1) is 26.2. The molecule has 0 spiro atoms. The molecule has 0 saturated heterocycles. The van der Waals surface area contributed by atoms with Crippen LogP contribution in [-0.4, -0.2) is 57.6 Å². The zero-order chi connectivity index (χ0) is 24.6. The van der Waals surface area contributed by atoms with E-state index in [0.717, 1.165) is 21.7 Å². The normalized spacial score (nSPS) is 12.0. The maximum Gasteiger partial charge on any atom is 0.244 e. The lowest BCUT2D eigenvalue weighted by atomic mass is 10.1. The molecule has 0 radical (unpaired) electrons. The van der Waals surface area contributed by atoms with Crippen LogP contribution in [0.15, 0.2) is 48.5 Å². The number of methoxy groups -OCH3 is 1. The molecule has 9 heteroatoms. The van der Waals surface area contributed by atoms with Crippen LogP contribution in [0.25, 0.3) is 0 Å². The molecule has 0 heterocycles. The summed E-state index contributed by atoms with van der Waals surface area (Å²) in [4.78, 5) is 27.7. The summed E-state index contributed by atoms with van der Waals surface area (Å²) < 4.78 is 31.3. The minimum Gasteiger partial charge on any atom is -0.497 e. The first-order valence-corrected chi connectivity index (χ1v) is 12.7. The summed E-state index contributed by atoms with van der Waals surface area (Å²) in [5.41, 5.74) is 2.23. The van der Waals surface area contributed by atoms with E-state index >= 15 is 0 Å². The third-order valence-corrected chi connectivity index (χ3v) is 6.35. The molecule has 1 N–H and O–H groups in total. The Bertz CT molecular complexity index is 1050. The van der Waals surface area contributed by atoms with Crippen LogP contribution in [0.1, 0.15) is 31.4 Å². The Balaban J connectivity index is 2.41. The monoisotopic (exact) mass is 475 g/mol. The molecule has 180 valence electrons. The molecule has 0 aliphatic heterocycles. The molecule has 33 heavy (non-hydrogen) atoms. The van der Waals surface area contributed by atoms with Gasteiger partial charge in [-0.15, -0.1) is 0 Å². The van der Waals surface area contributed by atoms with Crippen molar-refractivity contribution in [3.63, 3.8) is 0 Å². The minimum absolute atomic E-state index is 0.191. The van der Waals surface area contributed by atoms with E-state index in [0.29, 0.717) is 24.4 Å². The number of hydrogen-bond donors (Lipinski definition) is 1. The number of likely N-dealkylation sites (N-methyl/N-ethyl adjacent to an activating group) is 1. The van der Waals surface area contributed by atoms with Gasteiger partial charge in [-0.2, -0.15) is 0 Å². The van der Waals surface area contributed by atoms with Crippen LogP contribution in [0.3, 0.4) is 0 Å². The predicted octanol–water partition coefficient (Wildman–Crippen LogP) is 2.71. The summed E-state index contributed by atoms with van der Waals surface area (Å²) in [6.07, 6.45) is 1.45. The van der Waals surface area contributed by atoms with Crippen LogP contribution in [0.5, 0.6) is 5.75 Å². The summed E-state index contributed by atoms with van der Waals surface area (Å²) in [7, 11) is -2.25. The Kier molecular flexibility index (Phi) is 9.28. The molecule has 2 rings (SSSR count). The standard InChI is InChI=1S/C24H33N3O5S/c1-6-22(24(29)25-7-2)26(16-19-10-8-9-18(3)15-19)23(28)17-27(33(5,30)31)20-11-13-21(32-4)14-12-20/h8-15,22H,6-7,16-17H2,1-5H3,(H,25,29)/t22-/m0/s1. The van der Waals surface area contributed by atoms with E-state index in [1.165, 1.54) is 12.0 Å². The zero-order valence-electron chi connectivity index (χ0n) is 19.9. The first-order chi connectivity index (χ1) is 15.6. The topological polar surface area (TPSA) is 96.0 Å². The van der Waals surface area contributed by atoms with Crippen molar-refractivity contribution in [2.45, 2.75) is 39.8 Å². The minimum atomic E-state index is -3.76. The van der Waals surface area contributed by atoms with Gasteiger partial charge in [0.1, 0.15) is 18.3 Å². The number of ether oxygens (including phenoxy) is 1. The van der Waals surface area contributed by atoms with Gasteiger partial charge in [0.2, 0.25) is 21.8 Å². The molecular formula is C24H33N3O5S. The fraction of sp³-hybridized carbons (Fsp3) is 0.417. The molecule has 0 aliphatic rings. The highest BCUT2D eigenvalue weighted by Crippen LogP contribution is 2.22. The van der Waals surface area contributed by atoms with Crippen LogP contribution in [0.2, 0.25) is 0 Å². The van der Waals surface area contributed by atoms with Gasteiger partial charge in [0.25, 0.3) is 0 Å². The fourth-order valence-electron chi connectivity index (χ4n) is 3.58. The van der Waals surface area contributed by atoms with Crippen molar-refractivity contribution in [2.75, 3.05) is 30.8 Å². The number of nitrogens with one attached hydrogen (secondary N) is 1. The fourth-order valence-corrected chi connectivity index (χ4v) is 4.43. The van der Waals surface area contributed by atoms with Crippen LogP contribution < -0.4 is 14.4 Å². The number of anilines is 1. The van der Waals surface area contributed by atoms with E-state index in [9.17, 15) is 18.0 Å². The Hall–Kier alpha value is -3.07. The number of aryl methyl sites for hydroxylation is 1. The molecule has 2 amide bonds. The van der Waals surface area contributed by atoms with Crippen LogP contribution in [-0.2, 0) is 26.2 Å². The van der Waals surface area contributed by atoms with Gasteiger partial charge in [0.05, 0.1) is 19.1 Å². The second kappa shape index (κ2) is 11.7. The quantitative estimate of drug-likeness (QED) is 0.539. The van der Waals surface area contributed by atoms with E-state index in [-0.39, 0.29) is 12.5 Å². The molecule has 2 aromatic rings. The Morgan fingerprint density at radius 2 is 1.76 bits per heavy atom. The summed E-state index contributed by atoms with van der Waals surface area (Å²) in [5.74, 6) is -0.158. The summed E-state index contributed by atoms with van der Waals surface area (Å²) in [6, 6.07) is 13.4. The van der Waals surface area contributed by atoms with Crippen molar-refractivity contribution in [2.24, 2.45) is 0 Å². The van der Waals surface area contributed by atoms with Crippen molar-refractivity contribution in [3.05, 3.63) is 59.7 Å². The summed E-state index contributed by atoms with van der Waals surface area (Å²) in [6.45, 7) is 5.79. The number of carbonyl (C=O) groups is 2. The van der Waals surface area contributed by atoms with E-state index in [4.69, 9.17) is 4.74 Å². The Labute approximate surface area is 196 Å². The molecule has 0 bridgehead atoms. The van der Waals surface area contributed by atoms with Gasteiger partial charge in [-0.1, -0.05) is 36.8 Å². The van der Waals surface area contributed by atoms with Crippen molar-refractivity contribution in [1.82, 2.24) is 10.2 Å². The average molecular weight is 476 g/mol. The Morgan fingerprint density at radius 3 is 2.27 bits per heavy atom. The van der Waals surface area contributed by atoms with E-state index in [2.05, 4.69) is 5.32 Å². The molecule has 1 atom stereocenters. The number of sulfonamides is 1. The molecule has 2 aromatic carbocycles. The molecule has 0 fully saturated rings. The highest BCUT2D eigenvalue weighted by molar-refractivity contribution is 7.92. The van der Waals surface area contributed by atoms with Crippen molar-refractivity contribution in [1.29, 1.82) is 0 Å². The largest absolute Gasteiger partial charge is 0.497 e. The van der Waals surface area contributed by atoms with Crippen molar-refractivity contribution < 1.29 is 22.7 Å². The molecule has 0 unspecified atom stereocenters. The summed E-state index contributed by atoms with van der Waals surface area (Å²) in [5, 5.41) is 2.78. The molecule has 0 saturated carbocycles. The SMILES string of the molecule is CCNC(=O)[C@H](CC)N(Cc1cccc(C)c1)C(=O)CN(c1ccc(OC)cc1)S(C)(=O)=O. The van der Waals surface area contributed by atoms with E-state index in [1.807, 2.05) is 45.0 Å². The highest BCUT2D eigenvalue weighted by atomic mass is 32.2. The van der Waals surface area contributed by atoms with Gasteiger partial charge < -0.3 is 15.0 Å². The first-order valence-electron chi connectivity index (χ1n) is 10.8. The number of benzene rings is 2. The van der Waals surface area contributed by atoms with Crippen LogP contribution >= 0.6 is 0 Å². The predicted molar refractivity (Wildman–Crippen MR) is 130 cm³/mol. The molecular weight excluding hydrogens is 442 g/mol. The van der Waals surface area contributed by atoms with E-state index in [1.54, 1.807) is 24.3 Å². The van der Waals surface area contributed by atoms with Gasteiger partial charge in [-0.05, 0) is 50.1 Å². The van der Waals surface area contributed by atoms with Gasteiger partial charge in [0, 0.05) is 13.1 Å². The van der Waals surface area contributed by atoms with Crippen molar-refractivity contribution >= 4 is 27.5 Å². The van der Waals surface area contributed by atoms with Gasteiger partial charge in [-0.3, -0.25) is 13.9 Å². The van der Waals surface area contributed by atoms with E-state index < -0.39 is 28.5 Å². The second-order valence-corrected chi connectivity index (χ2v) is 9.70. The van der Waals surface area contributed by atoms with Crippen LogP contribution in [0.4, 0.5) is 5.69 Å². The maximum atomic E-state index is 13.5. The van der Waals surface area contributed by atoms with Gasteiger partial charge >= 0.3 is 0 Å². The third kappa shape index (κ3) is 7.21. The number of hydrogen-bond acceptors (Lipinski definition) is 5. The molecule has 0 aromatic heterocycles. The molecule has 0 aliphatic carbocycles. The lowest BCUT2D eigenvalue weighted by Crippen LogP contribution is -2.52. The number of carbonyl (C=O) groups excluding carboxylic acids is 2. The highest BCUT2D eigenvalue weighted by Gasteiger charge is 2.31. The van der Waals surface area contributed by atoms with Crippen LogP contribution in [0, 0.1) is 6.92 Å².